The summed E-state index contributed by atoms with van der Waals surface area (Å²) in [4.78, 5) is 23.3. The van der Waals surface area contributed by atoms with Crippen LogP contribution < -0.4 is 16.0 Å². The Labute approximate surface area is 84.7 Å². The number of halogens is 1. The number of hydrogen-bond acceptors (Lipinski definition) is 2. The lowest BCUT2D eigenvalue weighted by Crippen LogP contribution is -2.44. The van der Waals surface area contributed by atoms with Gasteiger partial charge in [0.25, 0.3) is 0 Å². The van der Waals surface area contributed by atoms with Gasteiger partial charge in [-0.25, -0.2) is 9.18 Å². The Hall–Kier alpha value is -2.11. The highest BCUT2D eigenvalue weighted by Gasteiger charge is 2.25. The van der Waals surface area contributed by atoms with Gasteiger partial charge in [0, 0.05) is 0 Å². The van der Waals surface area contributed by atoms with Gasteiger partial charge in [0.2, 0.25) is 5.91 Å². The molecule has 15 heavy (non-hydrogen) atoms. The molecule has 0 spiro atoms. The molecule has 1 aliphatic rings. The van der Waals surface area contributed by atoms with E-state index in [4.69, 9.17) is 5.73 Å². The second kappa shape index (κ2) is 3.23. The van der Waals surface area contributed by atoms with Crippen molar-refractivity contribution in [3.05, 3.63) is 24.0 Å². The summed E-state index contributed by atoms with van der Waals surface area (Å²) >= 11 is 0. The van der Waals surface area contributed by atoms with Crippen LogP contribution >= 0.6 is 0 Å². The van der Waals surface area contributed by atoms with Crippen molar-refractivity contribution in [3.63, 3.8) is 0 Å². The predicted octanol–water partition coefficient (Wildman–Crippen LogP) is 0.663. The second-order valence-electron chi connectivity index (χ2n) is 3.13. The number of carbonyl (C=O) groups excluding carboxylic acids is 2. The summed E-state index contributed by atoms with van der Waals surface area (Å²) < 4.78 is 12.9. The van der Waals surface area contributed by atoms with Gasteiger partial charge in [0.1, 0.15) is 12.4 Å². The average molecular weight is 209 g/mol. The number of benzene rings is 1. The lowest BCUT2D eigenvalue weighted by molar-refractivity contribution is -0.115. The van der Waals surface area contributed by atoms with E-state index in [2.05, 4.69) is 5.32 Å². The van der Waals surface area contributed by atoms with Crippen LogP contribution in [-0.2, 0) is 4.79 Å². The first-order valence-electron chi connectivity index (χ1n) is 4.24. The first-order valence-corrected chi connectivity index (χ1v) is 4.24. The average Bonchev–Trinajstić information content (AvgIpc) is 2.15. The van der Waals surface area contributed by atoms with Crippen LogP contribution in [0, 0.1) is 5.82 Å². The summed E-state index contributed by atoms with van der Waals surface area (Å²) in [5.74, 6) is -0.882. The van der Waals surface area contributed by atoms with Gasteiger partial charge in [0.15, 0.2) is 0 Å². The van der Waals surface area contributed by atoms with Crippen LogP contribution in [0.1, 0.15) is 0 Å². The molecule has 0 bridgehead atoms. The van der Waals surface area contributed by atoms with Crippen LogP contribution in [0.15, 0.2) is 18.2 Å². The van der Waals surface area contributed by atoms with Crippen LogP contribution in [0.4, 0.5) is 20.6 Å². The molecule has 6 heteroatoms. The fourth-order valence-electron chi connectivity index (χ4n) is 1.46. The molecule has 3 N–H and O–H groups in total. The standard InChI is InChI=1S/C9H8FN3O2/c10-5-1-2-7-6(3-5)12-8(14)4-13(7)9(11)15/h1-3H,4H2,(H2,11,15)(H,12,14). The van der Waals surface area contributed by atoms with Crippen LogP contribution in [-0.4, -0.2) is 18.5 Å². The predicted molar refractivity (Wildman–Crippen MR) is 52.0 cm³/mol. The molecule has 0 radical (unpaired) electrons. The van der Waals surface area contributed by atoms with Gasteiger partial charge in [0.05, 0.1) is 11.4 Å². The Bertz CT molecular complexity index is 447. The molecule has 0 aromatic heterocycles. The molecule has 5 nitrogen and oxygen atoms in total. The Kier molecular flexibility index (Phi) is 2.03. The molecule has 0 saturated heterocycles. The maximum Gasteiger partial charge on any atom is 0.319 e. The number of carbonyl (C=O) groups is 2. The fraction of sp³-hybridized carbons (Fsp3) is 0.111. The number of hydrogen-bond donors (Lipinski definition) is 2. The second-order valence-corrected chi connectivity index (χ2v) is 3.13. The quantitative estimate of drug-likeness (QED) is 0.658. The summed E-state index contributed by atoms with van der Waals surface area (Å²) in [5, 5.41) is 2.46. The first kappa shape index (κ1) is 9.45. The summed E-state index contributed by atoms with van der Waals surface area (Å²) in [6.45, 7) is -0.145. The minimum absolute atomic E-state index is 0.145. The van der Waals surface area contributed by atoms with E-state index in [1.165, 1.54) is 12.1 Å². The fourth-order valence-corrected chi connectivity index (χ4v) is 1.46. The van der Waals surface area contributed by atoms with Gasteiger partial charge >= 0.3 is 6.03 Å². The van der Waals surface area contributed by atoms with Crippen molar-refractivity contribution >= 4 is 23.3 Å². The molecule has 0 saturated carbocycles. The largest absolute Gasteiger partial charge is 0.351 e. The Morgan fingerprint density at radius 1 is 1.53 bits per heavy atom. The zero-order valence-corrected chi connectivity index (χ0v) is 7.66. The maximum atomic E-state index is 12.9. The summed E-state index contributed by atoms with van der Waals surface area (Å²) in [5.41, 5.74) is 5.76. The maximum absolute atomic E-state index is 12.9. The molecule has 2 rings (SSSR count). The number of nitrogens with one attached hydrogen (secondary N) is 1. The third kappa shape index (κ3) is 1.61. The van der Waals surface area contributed by atoms with E-state index >= 15 is 0 Å². The number of nitrogens with zero attached hydrogens (tertiary/aromatic N) is 1. The number of fused-ring (bicyclic) bond motifs is 1. The normalized spacial score (nSPS) is 14.5. The van der Waals surface area contributed by atoms with Gasteiger partial charge < -0.3 is 11.1 Å². The molecule has 0 unspecified atom stereocenters. The third-order valence-electron chi connectivity index (χ3n) is 2.09. The molecule has 1 aromatic rings. The van der Waals surface area contributed by atoms with Gasteiger partial charge in [-0.15, -0.1) is 0 Å². The number of amides is 3. The van der Waals surface area contributed by atoms with Crippen molar-refractivity contribution in [1.29, 1.82) is 0 Å². The van der Waals surface area contributed by atoms with Crippen LogP contribution in [0.3, 0.4) is 0 Å². The van der Waals surface area contributed by atoms with Crippen molar-refractivity contribution < 1.29 is 14.0 Å². The molecule has 0 atom stereocenters. The molecule has 0 aliphatic carbocycles. The van der Waals surface area contributed by atoms with E-state index in [-0.39, 0.29) is 12.2 Å². The highest BCUT2D eigenvalue weighted by molar-refractivity contribution is 6.09. The van der Waals surface area contributed by atoms with Crippen LogP contribution in [0.25, 0.3) is 0 Å². The number of primary amides is 1. The van der Waals surface area contributed by atoms with Gasteiger partial charge in [-0.2, -0.15) is 0 Å². The van der Waals surface area contributed by atoms with Crippen molar-refractivity contribution in [2.24, 2.45) is 5.73 Å². The molecule has 3 amide bonds. The highest BCUT2D eigenvalue weighted by atomic mass is 19.1. The van der Waals surface area contributed by atoms with E-state index < -0.39 is 17.8 Å². The zero-order chi connectivity index (χ0) is 11.0. The number of urea groups is 1. The summed E-state index contributed by atoms with van der Waals surface area (Å²) in [6, 6.07) is 3.00. The van der Waals surface area contributed by atoms with E-state index in [1.54, 1.807) is 0 Å². The van der Waals surface area contributed by atoms with Crippen LogP contribution in [0.2, 0.25) is 0 Å². The van der Waals surface area contributed by atoms with E-state index in [0.29, 0.717) is 5.69 Å². The number of rotatable bonds is 0. The molecule has 1 aliphatic heterocycles. The van der Waals surface area contributed by atoms with E-state index in [1.807, 2.05) is 0 Å². The highest BCUT2D eigenvalue weighted by Crippen LogP contribution is 2.29. The number of nitrogens with two attached hydrogens (primary N) is 1. The van der Waals surface area contributed by atoms with Crippen molar-refractivity contribution in [3.8, 4) is 0 Å². The zero-order valence-electron chi connectivity index (χ0n) is 7.66. The Balaban J connectivity index is 2.51. The van der Waals surface area contributed by atoms with Gasteiger partial charge in [-0.05, 0) is 18.2 Å². The molecular formula is C9H8FN3O2. The smallest absolute Gasteiger partial charge is 0.319 e. The van der Waals surface area contributed by atoms with E-state index in [0.717, 1.165) is 11.0 Å². The van der Waals surface area contributed by atoms with Crippen molar-refractivity contribution in [2.75, 3.05) is 16.8 Å². The van der Waals surface area contributed by atoms with E-state index in [9.17, 15) is 14.0 Å². The lowest BCUT2D eigenvalue weighted by Gasteiger charge is -2.27. The Morgan fingerprint density at radius 3 is 2.93 bits per heavy atom. The van der Waals surface area contributed by atoms with Gasteiger partial charge in [-0.1, -0.05) is 0 Å². The van der Waals surface area contributed by atoms with Crippen molar-refractivity contribution in [1.82, 2.24) is 0 Å². The molecule has 0 fully saturated rings. The molecule has 1 heterocycles. The minimum atomic E-state index is -0.738. The molecular weight excluding hydrogens is 201 g/mol. The molecule has 1 aromatic carbocycles. The monoisotopic (exact) mass is 209 g/mol. The topological polar surface area (TPSA) is 75.4 Å². The Morgan fingerprint density at radius 2 is 2.27 bits per heavy atom. The minimum Gasteiger partial charge on any atom is -0.351 e. The van der Waals surface area contributed by atoms with Crippen molar-refractivity contribution in [2.45, 2.75) is 0 Å². The number of anilines is 2. The summed E-state index contributed by atoms with van der Waals surface area (Å²) in [6.07, 6.45) is 0. The summed E-state index contributed by atoms with van der Waals surface area (Å²) in [7, 11) is 0. The first-order chi connectivity index (χ1) is 7.08. The SMILES string of the molecule is NC(=O)N1CC(=O)Nc2cc(F)ccc21. The van der Waals surface area contributed by atoms with Gasteiger partial charge in [-0.3, -0.25) is 9.69 Å². The van der Waals surface area contributed by atoms with Crippen LogP contribution in [0.5, 0.6) is 0 Å². The lowest BCUT2D eigenvalue weighted by atomic mass is 10.2. The third-order valence-corrected chi connectivity index (χ3v) is 2.09. The molecule has 78 valence electrons.